The molecule has 18 heavy (non-hydrogen) atoms. The topological polar surface area (TPSA) is 21.3 Å². The molecule has 0 bridgehead atoms. The molecule has 2 nitrogen and oxygen atoms in total. The number of anilines is 1. The molecule has 1 aliphatic heterocycles. The van der Waals surface area contributed by atoms with Crippen molar-refractivity contribution in [3.63, 3.8) is 0 Å². The molecule has 2 rings (SSSR count). The Morgan fingerprint density at radius 3 is 3.00 bits per heavy atom. The average molecular weight is 268 g/mol. The summed E-state index contributed by atoms with van der Waals surface area (Å²) in [6.07, 6.45) is 3.16. The predicted molar refractivity (Wildman–Crippen MR) is 77.5 cm³/mol. The lowest BCUT2D eigenvalue weighted by Gasteiger charge is -2.38. The Hall–Kier alpha value is -0.730. The van der Waals surface area contributed by atoms with E-state index >= 15 is 0 Å². The van der Waals surface area contributed by atoms with Crippen molar-refractivity contribution in [1.82, 2.24) is 0 Å². The van der Waals surface area contributed by atoms with Crippen LogP contribution in [0.15, 0.2) is 18.2 Å². The average Bonchev–Trinajstić information content (AvgIpc) is 2.35. The quantitative estimate of drug-likeness (QED) is 0.876. The van der Waals surface area contributed by atoms with Gasteiger partial charge in [-0.1, -0.05) is 24.6 Å². The summed E-state index contributed by atoms with van der Waals surface area (Å²) < 4.78 is 5.87. The van der Waals surface area contributed by atoms with Crippen LogP contribution in [0.2, 0.25) is 5.02 Å². The Kier molecular flexibility index (Phi) is 4.18. The van der Waals surface area contributed by atoms with Crippen molar-refractivity contribution in [1.29, 1.82) is 0 Å². The van der Waals surface area contributed by atoms with Crippen LogP contribution in [-0.2, 0) is 4.74 Å². The zero-order chi connectivity index (χ0) is 13.2. The lowest BCUT2D eigenvalue weighted by atomic mass is 9.89. The number of halogens is 1. The molecule has 100 valence electrons. The van der Waals surface area contributed by atoms with E-state index in [4.69, 9.17) is 16.3 Å². The standard InChI is InChI=1S/C15H22ClNO/c1-4-15(3)10-12(8-9-18-15)17-14-7-5-6-13(16)11(14)2/h5-7,12,17H,4,8-10H2,1-3H3. The van der Waals surface area contributed by atoms with Gasteiger partial charge in [0.2, 0.25) is 0 Å². The van der Waals surface area contributed by atoms with Gasteiger partial charge in [0.05, 0.1) is 5.60 Å². The first kappa shape index (κ1) is 13.7. The van der Waals surface area contributed by atoms with Crippen LogP contribution in [0.3, 0.4) is 0 Å². The molecule has 0 amide bonds. The van der Waals surface area contributed by atoms with Crippen molar-refractivity contribution in [3.05, 3.63) is 28.8 Å². The third kappa shape index (κ3) is 2.99. The van der Waals surface area contributed by atoms with Gasteiger partial charge >= 0.3 is 0 Å². The highest BCUT2D eigenvalue weighted by atomic mass is 35.5. The maximum absolute atomic E-state index is 6.15. The van der Waals surface area contributed by atoms with Gasteiger partial charge in [-0.15, -0.1) is 0 Å². The zero-order valence-electron chi connectivity index (χ0n) is 11.4. The molecular formula is C15H22ClNO. The van der Waals surface area contributed by atoms with Crippen LogP contribution in [0.5, 0.6) is 0 Å². The van der Waals surface area contributed by atoms with E-state index in [1.807, 2.05) is 12.1 Å². The van der Waals surface area contributed by atoms with Gasteiger partial charge < -0.3 is 10.1 Å². The molecule has 2 unspecified atom stereocenters. The van der Waals surface area contributed by atoms with Crippen LogP contribution in [0.1, 0.15) is 38.7 Å². The molecule has 0 saturated carbocycles. The van der Waals surface area contributed by atoms with Crippen molar-refractivity contribution in [3.8, 4) is 0 Å². The van der Waals surface area contributed by atoms with Crippen molar-refractivity contribution in [2.45, 2.75) is 51.7 Å². The summed E-state index contributed by atoms with van der Waals surface area (Å²) in [5.74, 6) is 0. The first-order chi connectivity index (χ1) is 8.54. The molecule has 1 aliphatic rings. The first-order valence-corrected chi connectivity index (χ1v) is 7.07. The Bertz CT molecular complexity index is 421. The lowest BCUT2D eigenvalue weighted by molar-refractivity contribution is -0.0708. The molecule has 3 heteroatoms. The summed E-state index contributed by atoms with van der Waals surface area (Å²) in [4.78, 5) is 0. The molecule has 1 heterocycles. The van der Waals surface area contributed by atoms with Gasteiger partial charge in [-0.2, -0.15) is 0 Å². The lowest BCUT2D eigenvalue weighted by Crippen LogP contribution is -2.41. The highest BCUT2D eigenvalue weighted by molar-refractivity contribution is 6.31. The maximum Gasteiger partial charge on any atom is 0.0671 e. The third-order valence-corrected chi connectivity index (χ3v) is 4.38. The van der Waals surface area contributed by atoms with E-state index in [-0.39, 0.29) is 5.60 Å². The molecule has 1 N–H and O–H groups in total. The van der Waals surface area contributed by atoms with Gasteiger partial charge in [0.1, 0.15) is 0 Å². The SMILES string of the molecule is CCC1(C)CC(Nc2cccc(Cl)c2C)CCO1. The number of benzene rings is 1. The van der Waals surface area contributed by atoms with E-state index in [1.165, 1.54) is 0 Å². The maximum atomic E-state index is 6.15. The molecule has 1 saturated heterocycles. The second kappa shape index (κ2) is 5.50. The zero-order valence-corrected chi connectivity index (χ0v) is 12.2. The molecule has 1 aromatic carbocycles. The number of ether oxygens (including phenoxy) is 1. The summed E-state index contributed by atoms with van der Waals surface area (Å²) >= 11 is 6.15. The summed E-state index contributed by atoms with van der Waals surface area (Å²) in [6.45, 7) is 7.28. The molecule has 0 spiro atoms. The van der Waals surface area contributed by atoms with Gasteiger partial charge in [0, 0.05) is 23.4 Å². The van der Waals surface area contributed by atoms with Gasteiger partial charge in [0.15, 0.2) is 0 Å². The Morgan fingerprint density at radius 1 is 1.50 bits per heavy atom. The van der Waals surface area contributed by atoms with E-state index in [1.54, 1.807) is 0 Å². The molecule has 2 atom stereocenters. The summed E-state index contributed by atoms with van der Waals surface area (Å²) in [5, 5.41) is 4.44. The minimum Gasteiger partial charge on any atom is -0.382 e. The van der Waals surface area contributed by atoms with E-state index in [0.717, 1.165) is 42.1 Å². The molecule has 0 aromatic heterocycles. The number of hydrogen-bond donors (Lipinski definition) is 1. The Balaban J connectivity index is 2.07. The summed E-state index contributed by atoms with van der Waals surface area (Å²) in [6, 6.07) is 6.50. The number of rotatable bonds is 3. The second-order valence-corrected chi connectivity index (χ2v) is 5.81. The largest absolute Gasteiger partial charge is 0.382 e. The van der Waals surface area contributed by atoms with Crippen LogP contribution >= 0.6 is 11.6 Å². The minimum atomic E-state index is 0.0163. The summed E-state index contributed by atoms with van der Waals surface area (Å²) in [7, 11) is 0. The van der Waals surface area contributed by atoms with Crippen molar-refractivity contribution < 1.29 is 4.74 Å². The van der Waals surface area contributed by atoms with Crippen LogP contribution < -0.4 is 5.32 Å². The van der Waals surface area contributed by atoms with Gasteiger partial charge in [-0.25, -0.2) is 0 Å². The Labute approximate surface area is 115 Å². The third-order valence-electron chi connectivity index (χ3n) is 3.97. The normalized spacial score (nSPS) is 28.1. The Morgan fingerprint density at radius 2 is 2.28 bits per heavy atom. The fourth-order valence-electron chi connectivity index (χ4n) is 2.48. The molecule has 1 fully saturated rings. The molecule has 0 aliphatic carbocycles. The first-order valence-electron chi connectivity index (χ1n) is 6.70. The van der Waals surface area contributed by atoms with Crippen LogP contribution in [-0.4, -0.2) is 18.2 Å². The van der Waals surface area contributed by atoms with Crippen LogP contribution in [0.4, 0.5) is 5.69 Å². The van der Waals surface area contributed by atoms with E-state index in [9.17, 15) is 0 Å². The predicted octanol–water partition coefficient (Wildman–Crippen LogP) is 4.41. The van der Waals surface area contributed by atoms with Gasteiger partial charge in [0.25, 0.3) is 0 Å². The number of nitrogens with one attached hydrogen (secondary N) is 1. The minimum absolute atomic E-state index is 0.0163. The van der Waals surface area contributed by atoms with Crippen molar-refractivity contribution in [2.75, 3.05) is 11.9 Å². The number of hydrogen-bond acceptors (Lipinski definition) is 2. The van der Waals surface area contributed by atoms with Crippen molar-refractivity contribution in [2.24, 2.45) is 0 Å². The van der Waals surface area contributed by atoms with E-state index < -0.39 is 0 Å². The highest BCUT2D eigenvalue weighted by Crippen LogP contribution is 2.31. The molecule has 0 radical (unpaired) electrons. The second-order valence-electron chi connectivity index (χ2n) is 5.40. The smallest absolute Gasteiger partial charge is 0.0671 e. The summed E-state index contributed by atoms with van der Waals surface area (Å²) in [5.41, 5.74) is 2.29. The molecular weight excluding hydrogens is 246 g/mol. The van der Waals surface area contributed by atoms with Gasteiger partial charge in [-0.05, 0) is 50.8 Å². The van der Waals surface area contributed by atoms with Crippen LogP contribution in [0.25, 0.3) is 0 Å². The fourth-order valence-corrected chi connectivity index (χ4v) is 2.66. The van der Waals surface area contributed by atoms with Crippen molar-refractivity contribution >= 4 is 17.3 Å². The van der Waals surface area contributed by atoms with E-state index in [0.29, 0.717) is 6.04 Å². The van der Waals surface area contributed by atoms with E-state index in [2.05, 4.69) is 32.2 Å². The van der Waals surface area contributed by atoms with Gasteiger partial charge in [-0.3, -0.25) is 0 Å². The van der Waals surface area contributed by atoms with Crippen LogP contribution in [0, 0.1) is 6.92 Å². The highest BCUT2D eigenvalue weighted by Gasteiger charge is 2.31. The monoisotopic (exact) mass is 267 g/mol. The molecule has 1 aromatic rings. The fraction of sp³-hybridized carbons (Fsp3) is 0.600.